The number of amidine groups is 1. The first-order valence-electron chi connectivity index (χ1n) is 5.82. The van der Waals surface area contributed by atoms with Crippen LogP contribution >= 0.6 is 11.6 Å². The van der Waals surface area contributed by atoms with E-state index < -0.39 is 0 Å². The highest BCUT2D eigenvalue weighted by atomic mass is 35.5. The molecule has 0 aliphatic rings. The van der Waals surface area contributed by atoms with E-state index in [0.29, 0.717) is 0 Å². The summed E-state index contributed by atoms with van der Waals surface area (Å²) in [7, 11) is 0. The summed E-state index contributed by atoms with van der Waals surface area (Å²) in [5, 5.41) is 4.08. The zero-order valence-corrected chi connectivity index (χ0v) is 10.7. The molecule has 0 radical (unpaired) electrons. The molecule has 2 nitrogen and oxygen atoms in total. The Morgan fingerprint density at radius 1 is 1.25 bits per heavy atom. The number of benzene rings is 1. The molecule has 16 heavy (non-hydrogen) atoms. The normalized spacial score (nSPS) is 11.6. The van der Waals surface area contributed by atoms with Gasteiger partial charge in [0, 0.05) is 18.7 Å². The molecule has 88 valence electrons. The number of halogens is 1. The van der Waals surface area contributed by atoms with Gasteiger partial charge >= 0.3 is 0 Å². The molecule has 1 aromatic carbocycles. The first kappa shape index (κ1) is 13.0. The van der Waals surface area contributed by atoms with E-state index in [4.69, 9.17) is 11.6 Å². The van der Waals surface area contributed by atoms with Gasteiger partial charge in [-0.2, -0.15) is 0 Å². The minimum atomic E-state index is 0.751. The third-order valence-corrected chi connectivity index (χ3v) is 2.49. The van der Waals surface area contributed by atoms with Gasteiger partial charge in [-0.25, -0.2) is 0 Å². The van der Waals surface area contributed by atoms with E-state index in [1.807, 2.05) is 24.3 Å². The van der Waals surface area contributed by atoms with Gasteiger partial charge < -0.3 is 5.32 Å². The van der Waals surface area contributed by atoms with E-state index in [2.05, 4.69) is 24.2 Å². The van der Waals surface area contributed by atoms with Gasteiger partial charge in [0.1, 0.15) is 5.84 Å². The summed E-state index contributed by atoms with van der Waals surface area (Å²) in [4.78, 5) is 4.53. The van der Waals surface area contributed by atoms with Crippen molar-refractivity contribution >= 4 is 17.4 Å². The number of hydrogen-bond donors (Lipinski definition) is 1. The third-order valence-electron chi connectivity index (χ3n) is 2.16. The van der Waals surface area contributed by atoms with Crippen molar-refractivity contribution in [1.29, 1.82) is 0 Å². The quantitative estimate of drug-likeness (QED) is 0.616. The van der Waals surface area contributed by atoms with Crippen LogP contribution in [0.2, 0.25) is 5.02 Å². The zero-order chi connectivity index (χ0) is 11.8. The Bertz CT molecular complexity index is 348. The molecule has 0 heterocycles. The van der Waals surface area contributed by atoms with Crippen LogP contribution in [-0.4, -0.2) is 18.9 Å². The van der Waals surface area contributed by atoms with Gasteiger partial charge in [0.05, 0.1) is 5.02 Å². The lowest BCUT2D eigenvalue weighted by Crippen LogP contribution is -2.26. The van der Waals surface area contributed by atoms with Crippen LogP contribution in [0.4, 0.5) is 0 Å². The van der Waals surface area contributed by atoms with Crippen LogP contribution < -0.4 is 5.32 Å². The molecule has 1 rings (SSSR count). The van der Waals surface area contributed by atoms with Crippen molar-refractivity contribution in [3.63, 3.8) is 0 Å². The van der Waals surface area contributed by atoms with Crippen molar-refractivity contribution in [3.05, 3.63) is 34.9 Å². The fourth-order valence-corrected chi connectivity index (χ4v) is 1.58. The maximum absolute atomic E-state index is 6.16. The van der Waals surface area contributed by atoms with E-state index in [-0.39, 0.29) is 0 Å². The monoisotopic (exact) mass is 238 g/mol. The van der Waals surface area contributed by atoms with Crippen molar-refractivity contribution in [1.82, 2.24) is 5.32 Å². The molecule has 3 heteroatoms. The van der Waals surface area contributed by atoms with Gasteiger partial charge in [-0.15, -0.1) is 0 Å². The lowest BCUT2D eigenvalue weighted by Gasteiger charge is -2.10. The highest BCUT2D eigenvalue weighted by Gasteiger charge is 2.05. The van der Waals surface area contributed by atoms with Crippen molar-refractivity contribution in [2.75, 3.05) is 13.1 Å². The van der Waals surface area contributed by atoms with E-state index in [1.165, 1.54) is 0 Å². The van der Waals surface area contributed by atoms with Gasteiger partial charge in [0.25, 0.3) is 0 Å². The second-order valence-corrected chi connectivity index (χ2v) is 4.04. The Kier molecular flexibility index (Phi) is 5.94. The van der Waals surface area contributed by atoms with Crippen LogP contribution in [-0.2, 0) is 0 Å². The van der Waals surface area contributed by atoms with Crippen LogP contribution in [0.1, 0.15) is 32.3 Å². The fraction of sp³-hybridized carbons (Fsp3) is 0.462. The fourth-order valence-electron chi connectivity index (χ4n) is 1.36. The smallest absolute Gasteiger partial charge is 0.129 e. The highest BCUT2D eigenvalue weighted by molar-refractivity contribution is 6.34. The Morgan fingerprint density at radius 2 is 2.00 bits per heavy atom. The summed E-state index contributed by atoms with van der Waals surface area (Å²) in [5.41, 5.74) is 0.992. The summed E-state index contributed by atoms with van der Waals surface area (Å²) in [5.74, 6) is 0.911. The minimum absolute atomic E-state index is 0.751. The van der Waals surface area contributed by atoms with Gasteiger partial charge in [0.15, 0.2) is 0 Å². The minimum Gasteiger partial charge on any atom is -0.370 e. The third kappa shape index (κ3) is 3.86. The maximum atomic E-state index is 6.16. The summed E-state index contributed by atoms with van der Waals surface area (Å²) >= 11 is 6.16. The standard InChI is InChI=1S/C13H19ClN2/c1-3-9-15-13(16-10-4-2)11-7-5-6-8-12(11)14/h5-8H,3-4,9-10H2,1-2H3,(H,15,16). The number of rotatable bonds is 5. The first-order valence-corrected chi connectivity index (χ1v) is 6.20. The second-order valence-electron chi connectivity index (χ2n) is 3.64. The SMILES string of the molecule is CCCN=C(NCCC)c1ccccc1Cl. The van der Waals surface area contributed by atoms with Crippen molar-refractivity contribution in [3.8, 4) is 0 Å². The van der Waals surface area contributed by atoms with Crippen molar-refractivity contribution in [2.24, 2.45) is 4.99 Å². The van der Waals surface area contributed by atoms with E-state index in [1.54, 1.807) is 0 Å². The van der Waals surface area contributed by atoms with Crippen LogP contribution in [0.15, 0.2) is 29.3 Å². The molecule has 1 N–H and O–H groups in total. The van der Waals surface area contributed by atoms with Gasteiger partial charge in [-0.1, -0.05) is 37.6 Å². The lowest BCUT2D eigenvalue weighted by atomic mass is 10.2. The molecule has 0 aliphatic carbocycles. The van der Waals surface area contributed by atoms with Crippen LogP contribution in [0, 0.1) is 0 Å². The zero-order valence-electron chi connectivity index (χ0n) is 9.96. The Labute approximate surface area is 103 Å². The maximum Gasteiger partial charge on any atom is 0.129 e. The molecule has 0 aliphatic heterocycles. The molecule has 1 aromatic rings. The Morgan fingerprint density at radius 3 is 2.62 bits per heavy atom. The first-order chi connectivity index (χ1) is 7.79. The van der Waals surface area contributed by atoms with E-state index in [9.17, 15) is 0 Å². The molecule has 0 fully saturated rings. The highest BCUT2D eigenvalue weighted by Crippen LogP contribution is 2.15. The molecule has 0 atom stereocenters. The Balaban J connectivity index is 2.87. The van der Waals surface area contributed by atoms with E-state index >= 15 is 0 Å². The van der Waals surface area contributed by atoms with Crippen molar-refractivity contribution < 1.29 is 0 Å². The molecule has 0 aromatic heterocycles. The van der Waals surface area contributed by atoms with Gasteiger partial charge in [-0.3, -0.25) is 4.99 Å². The Hall–Kier alpha value is -1.02. The average molecular weight is 239 g/mol. The van der Waals surface area contributed by atoms with Crippen LogP contribution in [0.3, 0.4) is 0 Å². The van der Waals surface area contributed by atoms with Gasteiger partial charge in [-0.05, 0) is 25.0 Å². The molecular weight excluding hydrogens is 220 g/mol. The number of nitrogens with one attached hydrogen (secondary N) is 1. The summed E-state index contributed by atoms with van der Waals surface area (Å²) in [6.45, 7) is 6.01. The summed E-state index contributed by atoms with van der Waals surface area (Å²) < 4.78 is 0. The molecule has 0 unspecified atom stereocenters. The van der Waals surface area contributed by atoms with Crippen LogP contribution in [0.25, 0.3) is 0 Å². The second kappa shape index (κ2) is 7.29. The summed E-state index contributed by atoms with van der Waals surface area (Å²) in [6.07, 6.45) is 2.12. The molecular formula is C13H19ClN2. The number of aliphatic imine (C=N–C) groups is 1. The predicted octanol–water partition coefficient (Wildman–Crippen LogP) is 3.50. The van der Waals surface area contributed by atoms with Crippen LogP contribution in [0.5, 0.6) is 0 Å². The molecule has 0 bridgehead atoms. The average Bonchev–Trinajstić information content (AvgIpc) is 2.31. The van der Waals surface area contributed by atoms with Crippen molar-refractivity contribution in [2.45, 2.75) is 26.7 Å². The number of hydrogen-bond acceptors (Lipinski definition) is 1. The number of nitrogens with zero attached hydrogens (tertiary/aromatic N) is 1. The van der Waals surface area contributed by atoms with Gasteiger partial charge in [0.2, 0.25) is 0 Å². The largest absolute Gasteiger partial charge is 0.370 e. The molecule has 0 saturated carbocycles. The topological polar surface area (TPSA) is 24.4 Å². The predicted molar refractivity (Wildman–Crippen MR) is 71.4 cm³/mol. The molecule has 0 saturated heterocycles. The lowest BCUT2D eigenvalue weighted by molar-refractivity contribution is 0.827. The van der Waals surface area contributed by atoms with E-state index in [0.717, 1.165) is 42.4 Å². The summed E-state index contributed by atoms with van der Waals surface area (Å²) in [6, 6.07) is 7.81. The molecule has 0 amide bonds. The molecule has 0 spiro atoms.